The van der Waals surface area contributed by atoms with E-state index in [0.29, 0.717) is 12.8 Å². The maximum Gasteiger partial charge on any atom is 0.339 e. The summed E-state index contributed by atoms with van der Waals surface area (Å²) >= 11 is 0. The van der Waals surface area contributed by atoms with Crippen LogP contribution in [0.3, 0.4) is 0 Å². The third kappa shape index (κ3) is 5.68. The Labute approximate surface area is 139 Å². The number of hydrogen-bond donors (Lipinski definition) is 1. The molecular weight excluding hydrogens is 315 g/mol. The van der Waals surface area contributed by atoms with Crippen molar-refractivity contribution in [2.45, 2.75) is 6.54 Å². The molecule has 1 amide bonds. The molecule has 6 nitrogen and oxygen atoms in total. The first-order chi connectivity index (χ1) is 11.4. The van der Waals surface area contributed by atoms with Crippen molar-refractivity contribution in [1.29, 1.82) is 0 Å². The number of halogens is 1. The molecule has 7 heteroatoms. The topological polar surface area (TPSA) is 75.7 Å². The Morgan fingerprint density at radius 2 is 1.88 bits per heavy atom. The standard InChI is InChI=1S/C17H19FN2O4/c1-19-16(22)14(11-21)8-13(17(23)24-3)10-20(2)9-12-4-6-15(18)7-5-12/h4-8,10-11H,9H2,1-3H3,(H,19,22)/b13-10+,14-8+. The van der Waals surface area contributed by atoms with E-state index in [4.69, 9.17) is 0 Å². The van der Waals surface area contributed by atoms with Gasteiger partial charge in [-0.15, -0.1) is 0 Å². The normalized spacial score (nSPS) is 11.7. The Morgan fingerprint density at radius 3 is 2.38 bits per heavy atom. The van der Waals surface area contributed by atoms with Crippen molar-refractivity contribution in [3.63, 3.8) is 0 Å². The second-order valence-corrected chi connectivity index (χ2v) is 4.91. The third-order valence-electron chi connectivity index (χ3n) is 3.05. The van der Waals surface area contributed by atoms with Crippen molar-refractivity contribution in [3.8, 4) is 0 Å². The highest BCUT2D eigenvalue weighted by atomic mass is 19.1. The molecule has 0 aliphatic heterocycles. The van der Waals surface area contributed by atoms with Crippen molar-refractivity contribution in [1.82, 2.24) is 10.2 Å². The predicted molar refractivity (Wildman–Crippen MR) is 86.2 cm³/mol. The van der Waals surface area contributed by atoms with Crippen LogP contribution in [0.15, 0.2) is 47.7 Å². The molecule has 0 heterocycles. The zero-order valence-corrected chi connectivity index (χ0v) is 13.7. The lowest BCUT2D eigenvalue weighted by Gasteiger charge is -2.15. The molecule has 128 valence electrons. The van der Waals surface area contributed by atoms with Crippen LogP contribution in [-0.4, -0.2) is 44.3 Å². The van der Waals surface area contributed by atoms with Gasteiger partial charge >= 0.3 is 5.97 Å². The summed E-state index contributed by atoms with van der Waals surface area (Å²) in [5, 5.41) is 2.31. The summed E-state index contributed by atoms with van der Waals surface area (Å²) < 4.78 is 17.6. The average Bonchev–Trinajstić information content (AvgIpc) is 2.59. The second-order valence-electron chi connectivity index (χ2n) is 4.91. The maximum atomic E-state index is 12.9. The Kier molecular flexibility index (Phi) is 7.35. The zero-order valence-electron chi connectivity index (χ0n) is 13.7. The summed E-state index contributed by atoms with van der Waals surface area (Å²) in [5.74, 6) is -1.64. The summed E-state index contributed by atoms with van der Waals surface area (Å²) in [7, 11) is 4.27. The minimum absolute atomic E-state index is 0.0350. The van der Waals surface area contributed by atoms with E-state index in [9.17, 15) is 18.8 Å². The highest BCUT2D eigenvalue weighted by molar-refractivity contribution is 6.12. The first-order valence-corrected chi connectivity index (χ1v) is 7.05. The summed E-state index contributed by atoms with van der Waals surface area (Å²) in [6, 6.07) is 5.91. The van der Waals surface area contributed by atoms with Crippen LogP contribution in [0.2, 0.25) is 0 Å². The number of carbonyl (C=O) groups excluding carboxylic acids is 3. The lowest BCUT2D eigenvalue weighted by molar-refractivity contribution is -0.135. The molecule has 0 saturated carbocycles. The van der Waals surface area contributed by atoms with E-state index in [1.807, 2.05) is 0 Å². The van der Waals surface area contributed by atoms with Crippen LogP contribution in [0, 0.1) is 5.82 Å². The number of ether oxygens (including phenoxy) is 1. The summed E-state index contributed by atoms with van der Waals surface area (Å²) in [6.45, 7) is 0.394. The van der Waals surface area contributed by atoms with Gasteiger partial charge < -0.3 is 15.0 Å². The van der Waals surface area contributed by atoms with Crippen molar-refractivity contribution in [3.05, 3.63) is 59.1 Å². The monoisotopic (exact) mass is 334 g/mol. The van der Waals surface area contributed by atoms with Gasteiger partial charge in [0.25, 0.3) is 5.91 Å². The molecule has 1 N–H and O–H groups in total. The number of nitrogens with zero attached hydrogens (tertiary/aromatic N) is 1. The van der Waals surface area contributed by atoms with Gasteiger partial charge in [0.15, 0.2) is 6.29 Å². The number of rotatable bonds is 7. The number of nitrogens with one attached hydrogen (secondary N) is 1. The quantitative estimate of drug-likeness (QED) is 0.202. The Hall–Kier alpha value is -2.96. The molecule has 1 aromatic carbocycles. The fourth-order valence-corrected chi connectivity index (χ4v) is 1.89. The molecule has 0 radical (unpaired) electrons. The molecule has 0 aliphatic rings. The number of amides is 1. The van der Waals surface area contributed by atoms with Crippen molar-refractivity contribution in [2.24, 2.45) is 0 Å². The van der Waals surface area contributed by atoms with Crippen LogP contribution in [0.25, 0.3) is 0 Å². The number of hydrogen-bond acceptors (Lipinski definition) is 5. The summed E-state index contributed by atoms with van der Waals surface area (Å²) in [4.78, 5) is 36.1. The van der Waals surface area contributed by atoms with E-state index >= 15 is 0 Å². The molecule has 0 atom stereocenters. The van der Waals surface area contributed by atoms with Gasteiger partial charge in [0.1, 0.15) is 5.82 Å². The van der Waals surface area contributed by atoms with Gasteiger partial charge in [-0.05, 0) is 23.8 Å². The first kappa shape index (κ1) is 19.1. The molecule has 0 aromatic heterocycles. The number of carbonyl (C=O) groups is 3. The number of methoxy groups -OCH3 is 1. The smallest absolute Gasteiger partial charge is 0.339 e. The van der Waals surface area contributed by atoms with Crippen LogP contribution in [-0.2, 0) is 25.7 Å². The first-order valence-electron chi connectivity index (χ1n) is 7.05. The largest absolute Gasteiger partial charge is 0.465 e. The van der Waals surface area contributed by atoms with Gasteiger partial charge in [-0.1, -0.05) is 12.1 Å². The minimum Gasteiger partial charge on any atom is -0.465 e. The molecule has 1 rings (SSSR count). The van der Waals surface area contributed by atoms with E-state index in [1.165, 1.54) is 32.5 Å². The fraction of sp³-hybridized carbons (Fsp3) is 0.235. The Morgan fingerprint density at radius 1 is 1.25 bits per heavy atom. The van der Waals surface area contributed by atoms with Crippen LogP contribution < -0.4 is 5.32 Å². The Balaban J connectivity index is 3.05. The lowest BCUT2D eigenvalue weighted by Crippen LogP contribution is -2.22. The van der Waals surface area contributed by atoms with Gasteiger partial charge in [-0.3, -0.25) is 9.59 Å². The molecule has 1 aromatic rings. The molecule has 0 bridgehead atoms. The van der Waals surface area contributed by atoms with E-state index in [2.05, 4.69) is 10.1 Å². The fourth-order valence-electron chi connectivity index (χ4n) is 1.89. The van der Waals surface area contributed by atoms with Crippen molar-refractivity contribution in [2.75, 3.05) is 21.2 Å². The molecule has 0 saturated heterocycles. The SMILES string of the molecule is CNC(=O)/C(C=O)=C/C(=C\N(C)Cc1ccc(F)cc1)C(=O)OC. The van der Waals surface area contributed by atoms with Gasteiger partial charge in [-0.25, -0.2) is 9.18 Å². The summed E-state index contributed by atoms with van der Waals surface area (Å²) in [6.07, 6.45) is 2.95. The third-order valence-corrected chi connectivity index (χ3v) is 3.05. The molecule has 0 spiro atoms. The molecule has 0 fully saturated rings. The number of aldehydes is 1. The molecule has 24 heavy (non-hydrogen) atoms. The van der Waals surface area contributed by atoms with Crippen LogP contribution in [0.1, 0.15) is 5.56 Å². The van der Waals surface area contributed by atoms with E-state index in [-0.39, 0.29) is 17.0 Å². The number of esters is 1. The average molecular weight is 334 g/mol. The number of likely N-dealkylation sites (N-methyl/N-ethyl adjacent to an activating group) is 1. The van der Waals surface area contributed by atoms with Crippen LogP contribution in [0.4, 0.5) is 4.39 Å². The lowest BCUT2D eigenvalue weighted by atomic mass is 10.1. The molecule has 0 unspecified atom stereocenters. The van der Waals surface area contributed by atoms with Crippen LogP contribution in [0.5, 0.6) is 0 Å². The molecule has 0 aliphatic carbocycles. The summed E-state index contributed by atoms with van der Waals surface area (Å²) in [5.41, 5.74) is 0.655. The van der Waals surface area contributed by atoms with Crippen LogP contribution >= 0.6 is 0 Å². The van der Waals surface area contributed by atoms with Gasteiger partial charge in [-0.2, -0.15) is 0 Å². The highest BCUT2D eigenvalue weighted by Gasteiger charge is 2.13. The van der Waals surface area contributed by atoms with E-state index in [0.717, 1.165) is 11.6 Å². The van der Waals surface area contributed by atoms with E-state index in [1.54, 1.807) is 24.1 Å². The second kappa shape index (κ2) is 9.24. The highest BCUT2D eigenvalue weighted by Crippen LogP contribution is 2.10. The predicted octanol–water partition coefficient (Wildman–Crippen LogP) is 1.19. The van der Waals surface area contributed by atoms with Gasteiger partial charge in [0.2, 0.25) is 0 Å². The maximum absolute atomic E-state index is 12.9. The molecular formula is C17H19FN2O4. The van der Waals surface area contributed by atoms with Gasteiger partial charge in [0.05, 0.1) is 18.3 Å². The minimum atomic E-state index is -0.691. The van der Waals surface area contributed by atoms with Crippen molar-refractivity contribution >= 4 is 18.2 Å². The van der Waals surface area contributed by atoms with Crippen molar-refractivity contribution < 1.29 is 23.5 Å². The number of benzene rings is 1. The van der Waals surface area contributed by atoms with E-state index < -0.39 is 11.9 Å². The zero-order chi connectivity index (χ0) is 18.1. The Bertz CT molecular complexity index is 666. The van der Waals surface area contributed by atoms with Gasteiger partial charge in [0, 0.05) is 26.8 Å².